The fourth-order valence-electron chi connectivity index (χ4n) is 3.93. The molecular weight excluding hydrogens is 493 g/mol. The molecule has 1 aliphatic carbocycles. The topological polar surface area (TPSA) is 55.4 Å². The smallest absolute Gasteiger partial charge is 0.251 e. The van der Waals surface area contributed by atoms with E-state index >= 15 is 0 Å². The van der Waals surface area contributed by atoms with Crippen molar-refractivity contribution in [1.82, 2.24) is 5.32 Å². The van der Waals surface area contributed by atoms with Crippen LogP contribution in [0.4, 0.5) is 0 Å². The average Bonchev–Trinajstić information content (AvgIpc) is 2.90. The van der Waals surface area contributed by atoms with Crippen molar-refractivity contribution in [1.29, 1.82) is 0 Å². The highest BCUT2D eigenvalue weighted by molar-refractivity contribution is 6.44. The predicted molar refractivity (Wildman–Crippen MR) is 145 cm³/mol. The molecular formula is C30H25Cl2NO3. The van der Waals surface area contributed by atoms with Crippen molar-refractivity contribution in [3.05, 3.63) is 130 Å². The first-order valence-electron chi connectivity index (χ1n) is 11.6. The lowest BCUT2D eigenvalue weighted by Gasteiger charge is -2.18. The summed E-state index contributed by atoms with van der Waals surface area (Å²) >= 11 is 12.1. The molecule has 4 rings (SSSR count). The van der Waals surface area contributed by atoms with Crippen LogP contribution in [0, 0.1) is 0 Å². The third kappa shape index (κ3) is 5.96. The summed E-state index contributed by atoms with van der Waals surface area (Å²) in [4.78, 5) is 24.8. The van der Waals surface area contributed by atoms with E-state index in [-0.39, 0.29) is 22.8 Å². The minimum absolute atomic E-state index is 0.0646. The van der Waals surface area contributed by atoms with E-state index in [9.17, 15) is 9.59 Å². The Hall–Kier alpha value is -3.60. The summed E-state index contributed by atoms with van der Waals surface area (Å²) in [6.45, 7) is 6.28. The molecule has 1 unspecified atom stereocenters. The van der Waals surface area contributed by atoms with E-state index < -0.39 is 0 Å². The average molecular weight is 518 g/mol. The highest BCUT2D eigenvalue weighted by Gasteiger charge is 2.18. The van der Waals surface area contributed by atoms with Gasteiger partial charge in [-0.05, 0) is 53.5 Å². The molecule has 0 heterocycles. The highest BCUT2D eigenvalue weighted by Crippen LogP contribution is 2.34. The zero-order valence-electron chi connectivity index (χ0n) is 19.8. The Morgan fingerprint density at radius 1 is 1.03 bits per heavy atom. The first-order chi connectivity index (χ1) is 17.4. The minimum atomic E-state index is -0.293. The fraction of sp³-hybridized carbons (Fsp3) is 0.133. The lowest BCUT2D eigenvalue weighted by atomic mass is 9.97. The molecule has 182 valence electrons. The standard InChI is InChI=1S/C30H25Cl2NO3/c1-3-27(21-7-5-4-6-8-21)33-30(35)22-11-9-20(10-12-22)19(2)25-17-23(31)13-16-29(25)36-24-14-15-26(32)28(34)18-24/h4-13,15-18,27H,2-3,14H2,1H3,(H,33,35). The van der Waals surface area contributed by atoms with Gasteiger partial charge in [-0.2, -0.15) is 0 Å². The minimum Gasteiger partial charge on any atom is -0.461 e. The van der Waals surface area contributed by atoms with E-state index in [1.54, 1.807) is 36.4 Å². The molecule has 0 saturated heterocycles. The number of ether oxygens (including phenoxy) is 1. The highest BCUT2D eigenvalue weighted by atomic mass is 35.5. The third-order valence-electron chi connectivity index (χ3n) is 5.93. The quantitative estimate of drug-likeness (QED) is 0.333. The van der Waals surface area contributed by atoms with Gasteiger partial charge in [0.1, 0.15) is 11.5 Å². The molecule has 3 aromatic carbocycles. The lowest BCUT2D eigenvalue weighted by molar-refractivity contribution is -0.111. The van der Waals surface area contributed by atoms with Crippen molar-refractivity contribution in [3.8, 4) is 5.75 Å². The number of hydrogen-bond donors (Lipinski definition) is 1. The molecule has 3 aromatic rings. The maximum atomic E-state index is 12.9. The SMILES string of the molecule is C=C(c1ccc(C(=O)NC(CC)c2ccccc2)cc1)c1cc(Cl)ccc1OC1=CC(=O)C(Cl)=CC1. The van der Waals surface area contributed by atoms with E-state index in [0.29, 0.717) is 39.7 Å². The molecule has 1 amide bonds. The van der Waals surface area contributed by atoms with Crippen LogP contribution >= 0.6 is 23.2 Å². The maximum Gasteiger partial charge on any atom is 0.251 e. The van der Waals surface area contributed by atoms with E-state index in [4.69, 9.17) is 27.9 Å². The Morgan fingerprint density at radius 2 is 1.72 bits per heavy atom. The second-order valence-electron chi connectivity index (χ2n) is 8.37. The number of amides is 1. The molecule has 1 atom stereocenters. The molecule has 0 aliphatic heterocycles. The molecule has 0 radical (unpaired) electrons. The monoisotopic (exact) mass is 517 g/mol. The number of halogens is 2. The third-order valence-corrected chi connectivity index (χ3v) is 6.50. The summed E-state index contributed by atoms with van der Waals surface area (Å²) in [7, 11) is 0. The van der Waals surface area contributed by atoms with Gasteiger partial charge in [0.2, 0.25) is 0 Å². The van der Waals surface area contributed by atoms with Crippen molar-refractivity contribution >= 4 is 40.5 Å². The Morgan fingerprint density at radius 3 is 2.39 bits per heavy atom. The van der Waals surface area contributed by atoms with E-state index in [2.05, 4.69) is 11.9 Å². The van der Waals surface area contributed by atoms with Crippen LogP contribution in [0.15, 0.2) is 102 Å². The zero-order valence-corrected chi connectivity index (χ0v) is 21.3. The van der Waals surface area contributed by atoms with Gasteiger partial charge in [-0.25, -0.2) is 0 Å². The van der Waals surface area contributed by atoms with Gasteiger partial charge in [0, 0.05) is 28.6 Å². The number of carbonyl (C=O) groups excluding carboxylic acids is 2. The van der Waals surface area contributed by atoms with Crippen molar-refractivity contribution in [2.24, 2.45) is 0 Å². The molecule has 6 heteroatoms. The van der Waals surface area contributed by atoms with Crippen LogP contribution in [0.3, 0.4) is 0 Å². The van der Waals surface area contributed by atoms with Gasteiger partial charge in [-0.3, -0.25) is 9.59 Å². The van der Waals surface area contributed by atoms with Gasteiger partial charge < -0.3 is 10.1 Å². The van der Waals surface area contributed by atoms with Crippen LogP contribution in [0.1, 0.15) is 52.9 Å². The van der Waals surface area contributed by atoms with Gasteiger partial charge in [0.15, 0.2) is 5.78 Å². The Labute approximate surface area is 220 Å². The largest absolute Gasteiger partial charge is 0.461 e. The fourth-order valence-corrected chi connectivity index (χ4v) is 4.23. The van der Waals surface area contributed by atoms with Gasteiger partial charge in [-0.1, -0.05) is 85.2 Å². The van der Waals surface area contributed by atoms with Crippen molar-refractivity contribution in [2.45, 2.75) is 25.8 Å². The summed E-state index contributed by atoms with van der Waals surface area (Å²) in [6.07, 6.45) is 4.20. The maximum absolute atomic E-state index is 12.9. The lowest BCUT2D eigenvalue weighted by Crippen LogP contribution is -2.28. The van der Waals surface area contributed by atoms with E-state index in [0.717, 1.165) is 17.5 Å². The van der Waals surface area contributed by atoms with Crippen LogP contribution in [-0.4, -0.2) is 11.7 Å². The summed E-state index contributed by atoms with van der Waals surface area (Å²) in [6, 6.07) is 22.3. The van der Waals surface area contributed by atoms with Crippen molar-refractivity contribution in [3.63, 3.8) is 0 Å². The first-order valence-corrected chi connectivity index (χ1v) is 12.3. The summed E-state index contributed by atoms with van der Waals surface area (Å²) < 4.78 is 6.02. The van der Waals surface area contributed by atoms with Crippen molar-refractivity contribution in [2.75, 3.05) is 0 Å². The summed E-state index contributed by atoms with van der Waals surface area (Å²) in [5.41, 5.74) is 3.79. The Balaban J connectivity index is 1.51. The van der Waals surface area contributed by atoms with Crippen LogP contribution < -0.4 is 10.1 Å². The van der Waals surface area contributed by atoms with Gasteiger partial charge >= 0.3 is 0 Å². The van der Waals surface area contributed by atoms with Crippen LogP contribution in [0.25, 0.3) is 5.57 Å². The molecule has 0 bridgehead atoms. The molecule has 0 spiro atoms. The number of nitrogens with one attached hydrogen (secondary N) is 1. The molecule has 0 fully saturated rings. The van der Waals surface area contributed by atoms with Gasteiger partial charge in [0.05, 0.1) is 11.1 Å². The van der Waals surface area contributed by atoms with Crippen molar-refractivity contribution < 1.29 is 14.3 Å². The van der Waals surface area contributed by atoms with Gasteiger partial charge in [-0.15, -0.1) is 0 Å². The Bertz CT molecular complexity index is 1360. The second-order valence-corrected chi connectivity index (χ2v) is 9.22. The number of rotatable bonds is 8. The summed E-state index contributed by atoms with van der Waals surface area (Å²) in [5.74, 6) is 0.566. The summed E-state index contributed by atoms with van der Waals surface area (Å²) in [5, 5.41) is 3.81. The molecule has 4 nitrogen and oxygen atoms in total. The first kappa shape index (κ1) is 25.5. The number of carbonyl (C=O) groups is 2. The zero-order chi connectivity index (χ0) is 25.7. The second kappa shape index (κ2) is 11.4. The van der Waals surface area contributed by atoms with E-state index in [1.807, 2.05) is 49.4 Å². The van der Waals surface area contributed by atoms with Crippen LogP contribution in [-0.2, 0) is 4.79 Å². The molecule has 36 heavy (non-hydrogen) atoms. The van der Waals surface area contributed by atoms with Gasteiger partial charge in [0.25, 0.3) is 5.91 Å². The number of hydrogen-bond acceptors (Lipinski definition) is 3. The normalized spacial score (nSPS) is 13.9. The Kier molecular flexibility index (Phi) is 8.09. The number of ketones is 1. The molecule has 1 N–H and O–H groups in total. The molecule has 0 saturated carbocycles. The predicted octanol–water partition coefficient (Wildman–Crippen LogP) is 7.64. The van der Waals surface area contributed by atoms with E-state index in [1.165, 1.54) is 6.08 Å². The number of allylic oxidation sites excluding steroid dienone is 3. The molecule has 1 aliphatic rings. The van der Waals surface area contributed by atoms with Crippen LogP contribution in [0.5, 0.6) is 5.75 Å². The molecule has 0 aromatic heterocycles. The number of benzene rings is 3. The van der Waals surface area contributed by atoms with Crippen LogP contribution in [0.2, 0.25) is 5.02 Å².